The third-order valence-corrected chi connectivity index (χ3v) is 4.25. The quantitative estimate of drug-likeness (QED) is 0.564. The molecule has 0 saturated heterocycles. The van der Waals surface area contributed by atoms with E-state index in [4.69, 9.17) is 0 Å². The number of nitrogens with one attached hydrogen (secondary N) is 1. The molecule has 0 aliphatic rings. The normalized spacial score (nSPS) is 12.7. The molecule has 0 spiro atoms. The van der Waals surface area contributed by atoms with Crippen molar-refractivity contribution in [1.29, 1.82) is 0 Å². The van der Waals surface area contributed by atoms with Crippen LogP contribution in [0.5, 0.6) is 0 Å². The van der Waals surface area contributed by atoms with Crippen LogP contribution in [0.15, 0.2) is 41.6 Å². The summed E-state index contributed by atoms with van der Waals surface area (Å²) < 4.78 is 0. The molecular weight excluding hydrogens is 282 g/mol. The van der Waals surface area contributed by atoms with Gasteiger partial charge < -0.3 is 5.32 Å². The fourth-order valence-electron chi connectivity index (χ4n) is 2.57. The molecular formula is C21H29NO. The van der Waals surface area contributed by atoms with Gasteiger partial charge in [0.25, 0.3) is 0 Å². The summed E-state index contributed by atoms with van der Waals surface area (Å²) in [5, 5.41) is 3.05. The smallest absolute Gasteiger partial charge is 0.190 e. The lowest BCUT2D eigenvalue weighted by molar-refractivity contribution is -0.112. The van der Waals surface area contributed by atoms with Crippen molar-refractivity contribution in [2.75, 3.05) is 7.05 Å². The van der Waals surface area contributed by atoms with E-state index in [2.05, 4.69) is 51.7 Å². The third kappa shape index (κ3) is 4.69. The fraction of sp³-hybridized carbons (Fsp3) is 0.381. The van der Waals surface area contributed by atoms with E-state index in [0.29, 0.717) is 5.57 Å². The molecule has 0 heterocycles. The van der Waals surface area contributed by atoms with E-state index in [1.807, 2.05) is 20.0 Å². The second-order valence-electron chi connectivity index (χ2n) is 6.03. The van der Waals surface area contributed by atoms with E-state index in [1.165, 1.54) is 16.7 Å². The SMILES string of the molecule is C=C/C(C(=O)/C(=C/c1cc(C)c(C)cc1C)CCC)=C(\C)NC. The van der Waals surface area contributed by atoms with Gasteiger partial charge in [0.1, 0.15) is 0 Å². The van der Waals surface area contributed by atoms with Gasteiger partial charge in [0.15, 0.2) is 5.78 Å². The summed E-state index contributed by atoms with van der Waals surface area (Å²) in [5.41, 5.74) is 7.18. The molecule has 124 valence electrons. The number of benzene rings is 1. The van der Waals surface area contributed by atoms with Gasteiger partial charge in [-0.05, 0) is 62.4 Å². The van der Waals surface area contributed by atoms with Crippen LogP contribution < -0.4 is 5.32 Å². The predicted molar refractivity (Wildman–Crippen MR) is 101 cm³/mol. The summed E-state index contributed by atoms with van der Waals surface area (Å²) in [6.45, 7) is 14.1. The van der Waals surface area contributed by atoms with Crippen molar-refractivity contribution in [1.82, 2.24) is 5.32 Å². The summed E-state index contributed by atoms with van der Waals surface area (Å²) in [6, 6.07) is 4.34. The van der Waals surface area contributed by atoms with Gasteiger partial charge in [0, 0.05) is 23.9 Å². The van der Waals surface area contributed by atoms with Gasteiger partial charge in [0.05, 0.1) is 0 Å². The lowest BCUT2D eigenvalue weighted by Crippen LogP contribution is -2.13. The first kappa shape index (κ1) is 19.0. The third-order valence-electron chi connectivity index (χ3n) is 4.25. The highest BCUT2D eigenvalue weighted by Gasteiger charge is 2.15. The molecule has 0 radical (unpaired) electrons. The lowest BCUT2D eigenvalue weighted by atomic mass is 9.93. The van der Waals surface area contributed by atoms with E-state index >= 15 is 0 Å². The Balaban J connectivity index is 3.39. The molecule has 1 aromatic rings. The minimum atomic E-state index is 0.0614. The zero-order valence-electron chi connectivity index (χ0n) is 15.3. The molecule has 0 fully saturated rings. The van der Waals surface area contributed by atoms with Crippen LogP contribution in [-0.4, -0.2) is 12.8 Å². The molecule has 2 nitrogen and oxygen atoms in total. The van der Waals surface area contributed by atoms with E-state index in [0.717, 1.165) is 29.7 Å². The highest BCUT2D eigenvalue weighted by molar-refractivity contribution is 6.12. The van der Waals surface area contributed by atoms with Crippen LogP contribution in [0.25, 0.3) is 6.08 Å². The molecule has 0 aromatic heterocycles. The van der Waals surface area contributed by atoms with Gasteiger partial charge in [0.2, 0.25) is 0 Å². The average molecular weight is 311 g/mol. The molecule has 0 amide bonds. The summed E-state index contributed by atoms with van der Waals surface area (Å²) >= 11 is 0. The number of hydrogen-bond donors (Lipinski definition) is 1. The van der Waals surface area contributed by atoms with Gasteiger partial charge in [-0.1, -0.05) is 38.1 Å². The number of Topliss-reactive ketones (excluding diaryl/α,β-unsaturated/α-hetero) is 1. The van der Waals surface area contributed by atoms with Crippen LogP contribution in [-0.2, 0) is 4.79 Å². The second-order valence-corrected chi connectivity index (χ2v) is 6.03. The van der Waals surface area contributed by atoms with Crippen molar-refractivity contribution >= 4 is 11.9 Å². The van der Waals surface area contributed by atoms with Crippen LogP contribution >= 0.6 is 0 Å². The van der Waals surface area contributed by atoms with Crippen molar-refractivity contribution in [3.63, 3.8) is 0 Å². The van der Waals surface area contributed by atoms with Crippen molar-refractivity contribution in [2.24, 2.45) is 0 Å². The number of allylic oxidation sites excluding steroid dienone is 4. The Morgan fingerprint density at radius 2 is 1.78 bits per heavy atom. The van der Waals surface area contributed by atoms with Crippen molar-refractivity contribution in [2.45, 2.75) is 47.5 Å². The number of hydrogen-bond acceptors (Lipinski definition) is 2. The Hall–Kier alpha value is -2.09. The first-order valence-electron chi connectivity index (χ1n) is 8.19. The largest absolute Gasteiger partial charge is 0.391 e. The van der Waals surface area contributed by atoms with E-state index in [1.54, 1.807) is 6.08 Å². The molecule has 0 saturated carbocycles. The van der Waals surface area contributed by atoms with Crippen molar-refractivity contribution in [3.05, 3.63) is 63.9 Å². The highest BCUT2D eigenvalue weighted by Crippen LogP contribution is 2.22. The monoisotopic (exact) mass is 311 g/mol. The second kappa shape index (κ2) is 8.52. The zero-order chi connectivity index (χ0) is 17.6. The molecule has 0 aliphatic carbocycles. The average Bonchev–Trinajstić information content (AvgIpc) is 2.52. The summed E-state index contributed by atoms with van der Waals surface area (Å²) in [4.78, 5) is 12.9. The Kier molecular flexibility index (Phi) is 7.02. The van der Waals surface area contributed by atoms with Crippen molar-refractivity contribution in [3.8, 4) is 0 Å². The standard InChI is InChI=1S/C21H29NO/c1-8-10-18(21(23)20(9-2)17(6)22-7)13-19-12-15(4)14(3)11-16(19)5/h9,11-13,22H,2,8,10H2,1,3-7H3/b18-13+,20-17-. The summed E-state index contributed by atoms with van der Waals surface area (Å²) in [6.07, 6.45) is 5.38. The highest BCUT2D eigenvalue weighted by atomic mass is 16.1. The van der Waals surface area contributed by atoms with Crippen molar-refractivity contribution < 1.29 is 4.79 Å². The van der Waals surface area contributed by atoms with E-state index in [-0.39, 0.29) is 5.78 Å². The number of aryl methyl sites for hydroxylation is 3. The molecule has 1 N–H and O–H groups in total. The maximum absolute atomic E-state index is 12.9. The Bertz CT molecular complexity index is 663. The Morgan fingerprint density at radius 3 is 2.30 bits per heavy atom. The number of carbonyl (C=O) groups is 1. The van der Waals surface area contributed by atoms with Crippen LogP contribution in [0.3, 0.4) is 0 Å². The maximum atomic E-state index is 12.9. The van der Waals surface area contributed by atoms with Crippen LogP contribution in [0, 0.1) is 20.8 Å². The maximum Gasteiger partial charge on any atom is 0.190 e. The van der Waals surface area contributed by atoms with Crippen LogP contribution in [0.4, 0.5) is 0 Å². The molecule has 1 aromatic carbocycles. The molecule has 0 unspecified atom stereocenters. The topological polar surface area (TPSA) is 29.1 Å². The molecule has 0 bridgehead atoms. The lowest BCUT2D eigenvalue weighted by Gasteiger charge is -2.12. The number of ketones is 1. The zero-order valence-corrected chi connectivity index (χ0v) is 15.3. The van der Waals surface area contributed by atoms with E-state index in [9.17, 15) is 4.79 Å². The molecule has 1 rings (SSSR count). The Labute approximate surface area is 141 Å². The summed E-state index contributed by atoms with van der Waals surface area (Å²) in [7, 11) is 1.82. The minimum Gasteiger partial charge on any atom is -0.391 e. The van der Waals surface area contributed by atoms with Gasteiger partial charge in [-0.25, -0.2) is 0 Å². The van der Waals surface area contributed by atoms with Crippen LogP contribution in [0.1, 0.15) is 48.9 Å². The minimum absolute atomic E-state index is 0.0614. The first-order valence-corrected chi connectivity index (χ1v) is 8.19. The Morgan fingerprint density at radius 1 is 1.17 bits per heavy atom. The first-order chi connectivity index (χ1) is 10.8. The van der Waals surface area contributed by atoms with Gasteiger partial charge in [-0.2, -0.15) is 0 Å². The van der Waals surface area contributed by atoms with Gasteiger partial charge in [-0.3, -0.25) is 4.79 Å². The van der Waals surface area contributed by atoms with E-state index < -0.39 is 0 Å². The molecule has 23 heavy (non-hydrogen) atoms. The summed E-state index contributed by atoms with van der Waals surface area (Å²) in [5.74, 6) is 0.0614. The fourth-order valence-corrected chi connectivity index (χ4v) is 2.57. The van der Waals surface area contributed by atoms with Crippen LogP contribution in [0.2, 0.25) is 0 Å². The van der Waals surface area contributed by atoms with Gasteiger partial charge >= 0.3 is 0 Å². The molecule has 0 aliphatic heterocycles. The number of carbonyl (C=O) groups excluding carboxylic acids is 1. The molecule has 2 heteroatoms. The molecule has 0 atom stereocenters. The number of rotatable bonds is 7. The predicted octanol–water partition coefficient (Wildman–Crippen LogP) is 5.04. The van der Waals surface area contributed by atoms with Gasteiger partial charge in [-0.15, -0.1) is 0 Å².